The lowest BCUT2D eigenvalue weighted by Crippen LogP contribution is -2.55. The van der Waals surface area contributed by atoms with E-state index in [0.29, 0.717) is 30.5 Å². The van der Waals surface area contributed by atoms with Crippen LogP contribution in [0.3, 0.4) is 0 Å². The first kappa shape index (κ1) is 15.1. The Bertz CT molecular complexity index is 481. The SMILES string of the molecule is COc1ccc(CNC(=O)[C@H]2NCCO[C@@H]2C)cc1Cl. The molecule has 2 atom stereocenters. The third-order valence-corrected chi connectivity index (χ3v) is 3.58. The van der Waals surface area contributed by atoms with Crippen LogP contribution >= 0.6 is 11.6 Å². The van der Waals surface area contributed by atoms with E-state index < -0.39 is 0 Å². The Balaban J connectivity index is 1.91. The van der Waals surface area contributed by atoms with E-state index in [9.17, 15) is 4.79 Å². The molecule has 1 aliphatic heterocycles. The Morgan fingerprint density at radius 1 is 1.60 bits per heavy atom. The minimum absolute atomic E-state index is 0.0656. The molecule has 1 aliphatic rings. The largest absolute Gasteiger partial charge is 0.495 e. The van der Waals surface area contributed by atoms with Gasteiger partial charge in [-0.1, -0.05) is 17.7 Å². The van der Waals surface area contributed by atoms with Crippen molar-refractivity contribution in [2.24, 2.45) is 0 Å². The zero-order chi connectivity index (χ0) is 14.5. The summed E-state index contributed by atoms with van der Waals surface area (Å²) >= 11 is 6.05. The second kappa shape index (κ2) is 6.92. The Morgan fingerprint density at radius 2 is 2.40 bits per heavy atom. The highest BCUT2D eigenvalue weighted by Gasteiger charge is 2.27. The van der Waals surface area contributed by atoms with Gasteiger partial charge in [-0.2, -0.15) is 0 Å². The first-order valence-corrected chi connectivity index (χ1v) is 6.94. The summed E-state index contributed by atoms with van der Waals surface area (Å²) in [6, 6.07) is 5.14. The summed E-state index contributed by atoms with van der Waals surface area (Å²) in [6.07, 6.45) is -0.122. The first-order valence-electron chi connectivity index (χ1n) is 6.57. The van der Waals surface area contributed by atoms with Crippen LogP contribution in [0.15, 0.2) is 18.2 Å². The van der Waals surface area contributed by atoms with E-state index in [2.05, 4.69) is 10.6 Å². The maximum atomic E-state index is 12.1. The fourth-order valence-electron chi connectivity index (χ4n) is 2.15. The van der Waals surface area contributed by atoms with Gasteiger partial charge in [-0.05, 0) is 24.6 Å². The van der Waals surface area contributed by atoms with Crippen molar-refractivity contribution in [3.63, 3.8) is 0 Å². The van der Waals surface area contributed by atoms with E-state index in [0.717, 1.165) is 5.56 Å². The average molecular weight is 299 g/mol. The number of morpholine rings is 1. The monoisotopic (exact) mass is 298 g/mol. The van der Waals surface area contributed by atoms with Crippen LogP contribution in [0.2, 0.25) is 5.02 Å². The molecule has 20 heavy (non-hydrogen) atoms. The number of carbonyl (C=O) groups is 1. The summed E-state index contributed by atoms with van der Waals surface area (Å²) < 4.78 is 10.5. The Labute approximate surface area is 123 Å². The quantitative estimate of drug-likeness (QED) is 0.881. The van der Waals surface area contributed by atoms with Crippen LogP contribution in [0.4, 0.5) is 0 Å². The molecular formula is C14H19ClN2O3. The van der Waals surface area contributed by atoms with Crippen molar-refractivity contribution in [1.29, 1.82) is 0 Å². The van der Waals surface area contributed by atoms with Gasteiger partial charge in [0, 0.05) is 13.1 Å². The van der Waals surface area contributed by atoms with Crippen LogP contribution in [0, 0.1) is 0 Å². The van der Waals surface area contributed by atoms with Gasteiger partial charge in [-0.25, -0.2) is 0 Å². The number of ether oxygens (including phenoxy) is 2. The van der Waals surface area contributed by atoms with Crippen molar-refractivity contribution in [3.8, 4) is 5.75 Å². The highest BCUT2D eigenvalue weighted by Crippen LogP contribution is 2.24. The van der Waals surface area contributed by atoms with Gasteiger partial charge in [0.2, 0.25) is 5.91 Å². The highest BCUT2D eigenvalue weighted by molar-refractivity contribution is 6.32. The van der Waals surface area contributed by atoms with Crippen LogP contribution < -0.4 is 15.4 Å². The fraction of sp³-hybridized carbons (Fsp3) is 0.500. The van der Waals surface area contributed by atoms with E-state index in [1.807, 2.05) is 13.0 Å². The van der Waals surface area contributed by atoms with Gasteiger partial charge in [0.05, 0.1) is 24.8 Å². The first-order chi connectivity index (χ1) is 9.61. The molecule has 1 saturated heterocycles. The molecule has 1 aromatic carbocycles. The lowest BCUT2D eigenvalue weighted by atomic mass is 10.1. The molecule has 0 aromatic heterocycles. The summed E-state index contributed by atoms with van der Waals surface area (Å²) in [5.74, 6) is 0.557. The predicted molar refractivity (Wildman–Crippen MR) is 77.1 cm³/mol. The van der Waals surface area contributed by atoms with Gasteiger partial charge in [-0.15, -0.1) is 0 Å². The van der Waals surface area contributed by atoms with E-state index >= 15 is 0 Å². The zero-order valence-electron chi connectivity index (χ0n) is 11.6. The normalized spacial score (nSPS) is 22.4. The van der Waals surface area contributed by atoms with E-state index in [-0.39, 0.29) is 18.1 Å². The molecule has 0 bridgehead atoms. The maximum Gasteiger partial charge on any atom is 0.240 e. The third-order valence-electron chi connectivity index (χ3n) is 3.28. The van der Waals surface area contributed by atoms with Crippen molar-refractivity contribution >= 4 is 17.5 Å². The van der Waals surface area contributed by atoms with E-state index in [1.54, 1.807) is 19.2 Å². The van der Waals surface area contributed by atoms with Gasteiger partial charge in [0.1, 0.15) is 11.8 Å². The lowest BCUT2D eigenvalue weighted by Gasteiger charge is -2.29. The van der Waals surface area contributed by atoms with Crippen LogP contribution in [-0.4, -0.2) is 38.3 Å². The molecule has 0 radical (unpaired) electrons. The summed E-state index contributed by atoms with van der Waals surface area (Å²) in [5.41, 5.74) is 0.925. The second-order valence-electron chi connectivity index (χ2n) is 4.69. The van der Waals surface area contributed by atoms with Crippen LogP contribution in [0.1, 0.15) is 12.5 Å². The minimum Gasteiger partial charge on any atom is -0.495 e. The number of methoxy groups -OCH3 is 1. The molecular weight excluding hydrogens is 280 g/mol. The van der Waals surface area contributed by atoms with Crippen molar-refractivity contribution in [2.45, 2.75) is 25.6 Å². The maximum absolute atomic E-state index is 12.1. The van der Waals surface area contributed by atoms with Gasteiger partial charge in [-0.3, -0.25) is 4.79 Å². The molecule has 6 heteroatoms. The molecule has 2 N–H and O–H groups in total. The predicted octanol–water partition coefficient (Wildman–Crippen LogP) is 1.34. The minimum atomic E-state index is -0.308. The van der Waals surface area contributed by atoms with Crippen molar-refractivity contribution in [3.05, 3.63) is 28.8 Å². The number of rotatable bonds is 4. The number of hydrogen-bond donors (Lipinski definition) is 2. The molecule has 1 amide bonds. The fourth-order valence-corrected chi connectivity index (χ4v) is 2.43. The summed E-state index contributed by atoms with van der Waals surface area (Å²) in [6.45, 7) is 3.64. The zero-order valence-corrected chi connectivity index (χ0v) is 12.4. The van der Waals surface area contributed by atoms with Crippen molar-refractivity contribution < 1.29 is 14.3 Å². The highest BCUT2D eigenvalue weighted by atomic mass is 35.5. The Kier molecular flexibility index (Phi) is 5.23. The molecule has 1 aromatic rings. The molecule has 0 saturated carbocycles. The molecule has 0 unspecified atom stereocenters. The number of amides is 1. The average Bonchev–Trinajstić information content (AvgIpc) is 2.45. The van der Waals surface area contributed by atoms with Gasteiger partial charge < -0.3 is 20.1 Å². The van der Waals surface area contributed by atoms with Crippen molar-refractivity contribution in [2.75, 3.05) is 20.3 Å². The summed E-state index contributed by atoms with van der Waals surface area (Å²) in [4.78, 5) is 12.1. The summed E-state index contributed by atoms with van der Waals surface area (Å²) in [5, 5.41) is 6.57. The molecule has 5 nitrogen and oxygen atoms in total. The summed E-state index contributed by atoms with van der Waals surface area (Å²) in [7, 11) is 1.57. The lowest BCUT2D eigenvalue weighted by molar-refractivity contribution is -0.129. The third kappa shape index (κ3) is 3.62. The van der Waals surface area contributed by atoms with E-state index in [4.69, 9.17) is 21.1 Å². The smallest absolute Gasteiger partial charge is 0.240 e. The Hall–Kier alpha value is -1.30. The molecule has 0 aliphatic carbocycles. The topological polar surface area (TPSA) is 59.6 Å². The number of halogens is 1. The molecule has 1 heterocycles. The standard InChI is InChI=1S/C14H19ClN2O3/c1-9-13(16-5-6-20-9)14(18)17-8-10-3-4-12(19-2)11(15)7-10/h3-4,7,9,13,16H,5-6,8H2,1-2H3,(H,17,18)/t9-,13+/m1/s1. The van der Waals surface area contributed by atoms with Gasteiger partial charge in [0.15, 0.2) is 0 Å². The van der Waals surface area contributed by atoms with Crippen molar-refractivity contribution in [1.82, 2.24) is 10.6 Å². The second-order valence-corrected chi connectivity index (χ2v) is 5.10. The number of nitrogens with one attached hydrogen (secondary N) is 2. The van der Waals surface area contributed by atoms with Crippen LogP contribution in [-0.2, 0) is 16.1 Å². The van der Waals surface area contributed by atoms with Gasteiger partial charge >= 0.3 is 0 Å². The van der Waals surface area contributed by atoms with Crippen LogP contribution in [0.25, 0.3) is 0 Å². The number of hydrogen-bond acceptors (Lipinski definition) is 4. The van der Waals surface area contributed by atoms with Crippen LogP contribution in [0.5, 0.6) is 5.75 Å². The molecule has 110 valence electrons. The molecule has 2 rings (SSSR count). The van der Waals surface area contributed by atoms with Gasteiger partial charge in [0.25, 0.3) is 0 Å². The molecule has 0 spiro atoms. The number of carbonyl (C=O) groups excluding carboxylic acids is 1. The Morgan fingerprint density at radius 3 is 3.05 bits per heavy atom. The van der Waals surface area contributed by atoms with E-state index in [1.165, 1.54) is 0 Å². The number of benzene rings is 1. The molecule has 1 fully saturated rings.